The predicted molar refractivity (Wildman–Crippen MR) is 143 cm³/mol. The lowest BCUT2D eigenvalue weighted by Crippen LogP contribution is -2.43. The molecule has 1 aliphatic carbocycles. The van der Waals surface area contributed by atoms with E-state index in [1.54, 1.807) is 0 Å². The van der Waals surface area contributed by atoms with Crippen LogP contribution in [0.2, 0.25) is 0 Å². The van der Waals surface area contributed by atoms with Crippen molar-refractivity contribution in [2.75, 3.05) is 36.4 Å². The smallest absolute Gasteiger partial charge is 0.247 e. The second-order valence-electron chi connectivity index (χ2n) is 10.1. The Morgan fingerprint density at radius 2 is 1.66 bits per heavy atom. The highest BCUT2D eigenvalue weighted by molar-refractivity contribution is 5.98. The summed E-state index contributed by atoms with van der Waals surface area (Å²) in [5, 5.41) is 19.6. The van der Waals surface area contributed by atoms with Gasteiger partial charge in [0, 0.05) is 30.9 Å². The lowest BCUT2D eigenvalue weighted by Gasteiger charge is -2.36. The lowest BCUT2D eigenvalue weighted by atomic mass is 9.88. The van der Waals surface area contributed by atoms with E-state index in [0.29, 0.717) is 24.2 Å². The van der Waals surface area contributed by atoms with E-state index in [4.69, 9.17) is 16.9 Å². The Kier molecular flexibility index (Phi) is 8.41. The minimum absolute atomic E-state index is 0. The molecule has 10 heteroatoms. The molecule has 0 radical (unpaired) electrons. The molecule has 1 atom stereocenters. The van der Waals surface area contributed by atoms with Crippen LogP contribution in [0.4, 0.5) is 17.5 Å². The largest absolute Gasteiger partial charge is 0.382 e. The summed E-state index contributed by atoms with van der Waals surface area (Å²) < 4.78 is 0. The van der Waals surface area contributed by atoms with Crippen LogP contribution < -0.4 is 21.7 Å². The molecule has 0 bridgehead atoms. The Labute approximate surface area is 214 Å². The molecule has 1 aromatic heterocycles. The van der Waals surface area contributed by atoms with Crippen molar-refractivity contribution in [3.63, 3.8) is 0 Å². The van der Waals surface area contributed by atoms with Gasteiger partial charge in [0.1, 0.15) is 5.84 Å². The first kappa shape index (κ1) is 25.6. The maximum Gasteiger partial charge on any atom is 0.247 e. The maximum absolute atomic E-state index is 7.89. The summed E-state index contributed by atoms with van der Waals surface area (Å²) in [7, 11) is 0. The van der Waals surface area contributed by atoms with Crippen molar-refractivity contribution < 1.29 is 0 Å². The van der Waals surface area contributed by atoms with E-state index >= 15 is 0 Å². The van der Waals surface area contributed by atoms with Gasteiger partial charge >= 0.3 is 0 Å². The fraction of sp³-hybridized carbons (Fsp3) is 0.600. The highest BCUT2D eigenvalue weighted by Gasteiger charge is 2.27. The van der Waals surface area contributed by atoms with Gasteiger partial charge in [-0.05, 0) is 75.2 Å². The van der Waals surface area contributed by atoms with Gasteiger partial charge in [-0.25, -0.2) is 0 Å². The van der Waals surface area contributed by atoms with Crippen LogP contribution in [-0.2, 0) is 0 Å². The number of amidine groups is 1. The van der Waals surface area contributed by atoms with E-state index in [1.807, 2.05) is 0 Å². The van der Waals surface area contributed by atoms with E-state index in [9.17, 15) is 0 Å². The highest BCUT2D eigenvalue weighted by atomic mass is 35.5. The minimum Gasteiger partial charge on any atom is -0.382 e. The first-order valence-electron chi connectivity index (χ1n) is 12.8. The molecule has 35 heavy (non-hydrogen) atoms. The number of nitrogens with one attached hydrogen (secondary N) is 2. The van der Waals surface area contributed by atoms with E-state index in [0.717, 1.165) is 31.1 Å². The number of hydrogen-bond donors (Lipinski definition) is 4. The number of nitrogen functional groups attached to an aromatic ring is 1. The van der Waals surface area contributed by atoms with Crippen molar-refractivity contribution in [1.29, 1.82) is 5.41 Å². The zero-order chi connectivity index (χ0) is 23.5. The summed E-state index contributed by atoms with van der Waals surface area (Å²) in [5.74, 6) is 1.44. The molecular formula is C25H38ClN9. The molecule has 0 unspecified atom stereocenters. The molecule has 6 N–H and O–H groups in total. The fourth-order valence-corrected chi connectivity index (χ4v) is 5.75. The number of aromatic nitrogens is 3. The van der Waals surface area contributed by atoms with E-state index in [-0.39, 0.29) is 30.0 Å². The highest BCUT2D eigenvalue weighted by Crippen LogP contribution is 2.33. The van der Waals surface area contributed by atoms with Crippen molar-refractivity contribution in [3.8, 4) is 0 Å². The second-order valence-corrected chi connectivity index (χ2v) is 10.1. The van der Waals surface area contributed by atoms with Crippen LogP contribution >= 0.6 is 12.4 Å². The molecule has 1 aromatic carbocycles. The Bertz CT molecular complexity index is 985. The molecule has 3 fully saturated rings. The molecule has 0 amide bonds. The Balaban J connectivity index is 0.00000289. The van der Waals surface area contributed by atoms with Gasteiger partial charge in [-0.1, -0.05) is 25.0 Å². The minimum atomic E-state index is -0.157. The zero-order valence-corrected chi connectivity index (χ0v) is 21.1. The van der Waals surface area contributed by atoms with Gasteiger partial charge in [-0.2, -0.15) is 4.98 Å². The third-order valence-corrected chi connectivity index (χ3v) is 7.69. The maximum atomic E-state index is 7.89. The standard InChI is InChI=1S/C25H37N9.ClH/c26-19-4-3-13-34(16-19)25-30-24(22(23(27)28)31-32-25)29-20-9-7-17(8-10-20)18-11-14-33(15-12-18)21-5-1-2-6-21;/h7-10,18-19,21H,1-6,11-16,26H2,(H3,27,28)(H,29,30,32);1H/t19-;/m1./s1. The van der Waals surface area contributed by atoms with Crippen LogP contribution in [0.1, 0.15) is 68.5 Å². The van der Waals surface area contributed by atoms with Crippen molar-refractivity contribution in [3.05, 3.63) is 35.5 Å². The summed E-state index contributed by atoms with van der Waals surface area (Å²) in [6.07, 6.45) is 10.0. The Morgan fingerprint density at radius 1 is 0.943 bits per heavy atom. The Morgan fingerprint density at radius 3 is 2.31 bits per heavy atom. The molecule has 9 nitrogen and oxygen atoms in total. The number of nitrogens with two attached hydrogens (primary N) is 2. The van der Waals surface area contributed by atoms with Crippen molar-refractivity contribution in [1.82, 2.24) is 20.1 Å². The molecule has 3 heterocycles. The van der Waals surface area contributed by atoms with Gasteiger partial charge in [-0.3, -0.25) is 5.41 Å². The number of hydrogen-bond acceptors (Lipinski definition) is 8. The summed E-state index contributed by atoms with van der Waals surface area (Å²) >= 11 is 0. The number of halogens is 1. The summed E-state index contributed by atoms with van der Waals surface area (Å²) in [6, 6.07) is 9.53. The van der Waals surface area contributed by atoms with Gasteiger partial charge in [0.25, 0.3) is 0 Å². The van der Waals surface area contributed by atoms with Crippen LogP contribution in [0.5, 0.6) is 0 Å². The third-order valence-electron chi connectivity index (χ3n) is 7.69. The van der Waals surface area contributed by atoms with Crippen LogP contribution in [0, 0.1) is 5.41 Å². The number of rotatable bonds is 6. The average Bonchev–Trinajstić information content (AvgIpc) is 3.40. The van der Waals surface area contributed by atoms with Gasteiger partial charge in [0.05, 0.1) is 0 Å². The van der Waals surface area contributed by atoms with E-state index in [2.05, 4.69) is 54.6 Å². The predicted octanol–water partition coefficient (Wildman–Crippen LogP) is 3.37. The second kappa shape index (κ2) is 11.5. The number of likely N-dealkylation sites (tertiary alicyclic amines) is 1. The zero-order valence-electron chi connectivity index (χ0n) is 20.3. The average molecular weight is 500 g/mol. The molecule has 2 saturated heterocycles. The molecule has 2 aliphatic heterocycles. The van der Waals surface area contributed by atoms with Gasteiger partial charge in [0.2, 0.25) is 5.95 Å². The summed E-state index contributed by atoms with van der Waals surface area (Å²) in [4.78, 5) is 9.44. The van der Waals surface area contributed by atoms with Crippen molar-refractivity contribution >= 4 is 35.7 Å². The van der Waals surface area contributed by atoms with Gasteiger partial charge < -0.3 is 26.6 Å². The van der Waals surface area contributed by atoms with Crippen LogP contribution in [0.25, 0.3) is 0 Å². The molecular weight excluding hydrogens is 462 g/mol. The van der Waals surface area contributed by atoms with Crippen molar-refractivity contribution in [2.24, 2.45) is 11.5 Å². The monoisotopic (exact) mass is 499 g/mol. The van der Waals surface area contributed by atoms with E-state index in [1.165, 1.54) is 57.2 Å². The number of benzene rings is 1. The molecule has 2 aromatic rings. The molecule has 190 valence electrons. The van der Waals surface area contributed by atoms with E-state index < -0.39 is 0 Å². The first-order valence-corrected chi connectivity index (χ1v) is 12.8. The summed E-state index contributed by atoms with van der Waals surface area (Å²) in [6.45, 7) is 3.98. The lowest BCUT2D eigenvalue weighted by molar-refractivity contribution is 0.154. The quantitative estimate of drug-likeness (QED) is 0.351. The first-order chi connectivity index (χ1) is 16.6. The fourth-order valence-electron chi connectivity index (χ4n) is 5.75. The van der Waals surface area contributed by atoms with Gasteiger partial charge in [-0.15, -0.1) is 22.6 Å². The molecule has 5 rings (SSSR count). The third kappa shape index (κ3) is 6.02. The molecule has 1 saturated carbocycles. The topological polar surface area (TPSA) is 133 Å². The number of piperidine rings is 2. The van der Waals surface area contributed by atoms with Gasteiger partial charge in [0.15, 0.2) is 11.5 Å². The van der Waals surface area contributed by atoms with Crippen molar-refractivity contribution in [2.45, 2.75) is 69.4 Å². The Hall–Kier alpha value is -2.49. The van der Waals surface area contributed by atoms with Crippen LogP contribution in [0.3, 0.4) is 0 Å². The summed E-state index contributed by atoms with van der Waals surface area (Å²) in [5.41, 5.74) is 14.4. The van der Waals surface area contributed by atoms with Crippen LogP contribution in [0.15, 0.2) is 24.3 Å². The number of nitrogens with zero attached hydrogens (tertiary/aromatic N) is 5. The van der Waals surface area contributed by atoms with Crippen LogP contribution in [-0.4, -0.2) is 64.2 Å². The SMILES string of the molecule is Cl.N=C(N)c1nnc(N2CCC[C@@H](N)C2)nc1Nc1ccc(C2CCN(C3CCCC3)CC2)cc1. The molecule has 3 aliphatic rings. The number of anilines is 3. The molecule has 0 spiro atoms. The normalized spacial score (nSPS) is 22.1.